The first-order chi connectivity index (χ1) is 8.65. The first kappa shape index (κ1) is 12.2. The number of carbonyl (C=O) groups is 1. The van der Waals surface area contributed by atoms with Gasteiger partial charge in [-0.05, 0) is 18.2 Å². The fourth-order valence-corrected chi connectivity index (χ4v) is 1.48. The first-order valence-corrected chi connectivity index (χ1v) is 5.51. The van der Waals surface area contributed by atoms with Gasteiger partial charge < -0.3 is 10.5 Å². The maximum absolute atomic E-state index is 11.6. The number of nitrogens with one attached hydrogen (secondary N) is 1. The number of nitrogens with zero attached hydrogens (tertiary/aromatic N) is 2. The van der Waals surface area contributed by atoms with Crippen molar-refractivity contribution in [3.05, 3.63) is 59.2 Å². The molecule has 0 bridgehead atoms. The summed E-state index contributed by atoms with van der Waals surface area (Å²) in [6.07, 6.45) is 1.30. The van der Waals surface area contributed by atoms with Crippen molar-refractivity contribution >= 4 is 23.3 Å². The van der Waals surface area contributed by atoms with Crippen LogP contribution in [-0.2, 0) is 0 Å². The molecule has 0 aliphatic rings. The molecule has 1 heterocycles. The molecule has 2 N–H and O–H groups in total. The fraction of sp³-hybridized carbons (Fsp3) is 0. The number of pyridine rings is 1. The van der Waals surface area contributed by atoms with E-state index in [9.17, 15) is 4.79 Å². The van der Waals surface area contributed by atoms with Crippen molar-refractivity contribution in [2.45, 2.75) is 0 Å². The van der Waals surface area contributed by atoms with E-state index in [-0.39, 0.29) is 5.15 Å². The molecular formula is C12H10ClN3O2. The molecule has 2 amide bonds. The van der Waals surface area contributed by atoms with E-state index in [1.807, 2.05) is 18.2 Å². The number of anilines is 1. The number of amides is 2. The monoisotopic (exact) mass is 263 g/mol. The highest BCUT2D eigenvalue weighted by molar-refractivity contribution is 6.29. The molecule has 0 radical (unpaired) electrons. The standard InChI is InChI=1S/C12H10ClN3O2/c13-11-8-10(6-7-16(11)18)15-12(17)14-9-4-2-1-3-5-9/h1-8,18H,(H,14,17)/b15-10-. The zero-order valence-corrected chi connectivity index (χ0v) is 10.0. The molecule has 0 aliphatic heterocycles. The molecule has 0 fully saturated rings. The molecule has 0 atom stereocenters. The Bertz CT molecular complexity index is 623. The Balaban J connectivity index is 2.18. The first-order valence-electron chi connectivity index (χ1n) is 5.13. The molecule has 0 unspecified atom stereocenters. The van der Waals surface area contributed by atoms with Crippen molar-refractivity contribution < 1.29 is 10.0 Å². The van der Waals surface area contributed by atoms with Crippen LogP contribution in [0.2, 0.25) is 5.15 Å². The van der Waals surface area contributed by atoms with Crippen LogP contribution in [0.3, 0.4) is 0 Å². The van der Waals surface area contributed by atoms with Crippen LogP contribution in [0, 0.1) is 0 Å². The number of halogens is 1. The summed E-state index contributed by atoms with van der Waals surface area (Å²) in [6.45, 7) is 0. The van der Waals surface area contributed by atoms with Crippen LogP contribution >= 0.6 is 11.6 Å². The zero-order chi connectivity index (χ0) is 13.0. The summed E-state index contributed by atoms with van der Waals surface area (Å²) in [4.78, 5) is 15.4. The highest BCUT2D eigenvalue weighted by Gasteiger charge is 1.99. The van der Waals surface area contributed by atoms with Gasteiger partial charge in [0, 0.05) is 18.0 Å². The summed E-state index contributed by atoms with van der Waals surface area (Å²) in [7, 11) is 0. The van der Waals surface area contributed by atoms with Crippen LogP contribution in [0.1, 0.15) is 0 Å². The van der Waals surface area contributed by atoms with Crippen LogP contribution < -0.4 is 10.7 Å². The van der Waals surface area contributed by atoms with E-state index in [0.717, 1.165) is 4.73 Å². The third kappa shape index (κ3) is 3.11. The van der Waals surface area contributed by atoms with Gasteiger partial charge >= 0.3 is 6.03 Å². The van der Waals surface area contributed by atoms with Crippen LogP contribution in [-0.4, -0.2) is 16.0 Å². The van der Waals surface area contributed by atoms with Crippen molar-refractivity contribution in [1.82, 2.24) is 4.73 Å². The molecule has 2 aromatic rings. The van der Waals surface area contributed by atoms with Crippen molar-refractivity contribution in [1.29, 1.82) is 0 Å². The third-order valence-corrected chi connectivity index (χ3v) is 2.41. The quantitative estimate of drug-likeness (QED) is 0.613. The van der Waals surface area contributed by atoms with Gasteiger partial charge in [-0.25, -0.2) is 4.79 Å². The van der Waals surface area contributed by atoms with Gasteiger partial charge in [-0.2, -0.15) is 9.72 Å². The Morgan fingerprint density at radius 2 is 2.00 bits per heavy atom. The molecular weight excluding hydrogens is 254 g/mol. The largest absolute Gasteiger partial charge is 0.428 e. The predicted molar refractivity (Wildman–Crippen MR) is 67.7 cm³/mol. The molecule has 6 heteroatoms. The average molecular weight is 264 g/mol. The Morgan fingerprint density at radius 3 is 2.67 bits per heavy atom. The maximum atomic E-state index is 11.6. The maximum Gasteiger partial charge on any atom is 0.345 e. The molecule has 0 spiro atoms. The van der Waals surface area contributed by atoms with Gasteiger partial charge in [-0.15, -0.1) is 0 Å². The smallest absolute Gasteiger partial charge is 0.345 e. The van der Waals surface area contributed by atoms with Gasteiger partial charge in [-0.3, -0.25) is 0 Å². The van der Waals surface area contributed by atoms with Crippen molar-refractivity contribution in [2.24, 2.45) is 4.99 Å². The minimum absolute atomic E-state index is 0.0729. The van der Waals surface area contributed by atoms with E-state index in [1.165, 1.54) is 18.3 Å². The second-order valence-electron chi connectivity index (χ2n) is 3.46. The highest BCUT2D eigenvalue weighted by atomic mass is 35.5. The van der Waals surface area contributed by atoms with Gasteiger partial charge in [-0.1, -0.05) is 29.8 Å². The lowest BCUT2D eigenvalue weighted by molar-refractivity contribution is 0.185. The van der Waals surface area contributed by atoms with E-state index in [2.05, 4.69) is 10.3 Å². The summed E-state index contributed by atoms with van der Waals surface area (Å²) in [5.41, 5.74) is 0.658. The average Bonchev–Trinajstić information content (AvgIpc) is 2.35. The van der Waals surface area contributed by atoms with Gasteiger partial charge in [0.05, 0.1) is 5.36 Å². The lowest BCUT2D eigenvalue weighted by Gasteiger charge is -2.01. The molecule has 0 saturated carbocycles. The summed E-state index contributed by atoms with van der Waals surface area (Å²) >= 11 is 5.68. The molecule has 0 aliphatic carbocycles. The normalized spacial score (nSPS) is 11.3. The molecule has 0 saturated heterocycles. The number of urea groups is 1. The number of para-hydroxylation sites is 1. The number of benzene rings is 1. The minimum atomic E-state index is -0.507. The third-order valence-electron chi connectivity index (χ3n) is 2.13. The van der Waals surface area contributed by atoms with E-state index in [4.69, 9.17) is 16.8 Å². The molecule has 18 heavy (non-hydrogen) atoms. The van der Waals surface area contributed by atoms with Gasteiger partial charge in [0.2, 0.25) is 0 Å². The van der Waals surface area contributed by atoms with Gasteiger partial charge in [0.15, 0.2) is 0 Å². The van der Waals surface area contributed by atoms with E-state index in [0.29, 0.717) is 11.0 Å². The molecule has 5 nitrogen and oxygen atoms in total. The SMILES string of the molecule is O=C(/N=c1/ccn(O)c(Cl)c1)Nc1ccccc1. The van der Waals surface area contributed by atoms with Crippen LogP contribution in [0.25, 0.3) is 0 Å². The van der Waals surface area contributed by atoms with Gasteiger partial charge in [0.25, 0.3) is 0 Å². The fourth-order valence-electron chi connectivity index (χ4n) is 1.31. The Morgan fingerprint density at radius 1 is 1.28 bits per heavy atom. The zero-order valence-electron chi connectivity index (χ0n) is 9.25. The van der Waals surface area contributed by atoms with Crippen molar-refractivity contribution in [3.8, 4) is 0 Å². The molecule has 1 aromatic carbocycles. The highest BCUT2D eigenvalue weighted by Crippen LogP contribution is 2.05. The predicted octanol–water partition coefficient (Wildman–Crippen LogP) is 2.51. The number of hydrogen-bond acceptors (Lipinski definition) is 2. The Hall–Kier alpha value is -2.27. The summed E-state index contributed by atoms with van der Waals surface area (Å²) in [5, 5.41) is 12.2. The molecule has 1 aromatic heterocycles. The Kier molecular flexibility index (Phi) is 3.64. The van der Waals surface area contributed by atoms with E-state index < -0.39 is 6.03 Å². The number of carbonyl (C=O) groups excluding carboxylic acids is 1. The number of aromatic nitrogens is 1. The summed E-state index contributed by atoms with van der Waals surface area (Å²) in [5.74, 6) is 0. The van der Waals surface area contributed by atoms with E-state index >= 15 is 0 Å². The van der Waals surface area contributed by atoms with Gasteiger partial charge in [0.1, 0.15) is 5.15 Å². The summed E-state index contributed by atoms with van der Waals surface area (Å²) < 4.78 is 0.732. The minimum Gasteiger partial charge on any atom is -0.428 e. The van der Waals surface area contributed by atoms with Crippen LogP contribution in [0.15, 0.2) is 53.7 Å². The second-order valence-corrected chi connectivity index (χ2v) is 3.85. The summed E-state index contributed by atoms with van der Waals surface area (Å²) in [6, 6.07) is 11.3. The topological polar surface area (TPSA) is 66.6 Å². The molecule has 92 valence electrons. The van der Waals surface area contributed by atoms with Crippen molar-refractivity contribution in [2.75, 3.05) is 5.32 Å². The Labute approximate surface area is 108 Å². The van der Waals surface area contributed by atoms with Crippen LogP contribution in [0.4, 0.5) is 10.5 Å². The molecule has 2 rings (SSSR count). The van der Waals surface area contributed by atoms with E-state index in [1.54, 1.807) is 12.1 Å². The lowest BCUT2D eigenvalue weighted by Crippen LogP contribution is -2.13. The second kappa shape index (κ2) is 5.37. The van der Waals surface area contributed by atoms with Crippen LogP contribution in [0.5, 0.6) is 0 Å². The van der Waals surface area contributed by atoms with Crippen molar-refractivity contribution in [3.63, 3.8) is 0 Å². The number of rotatable bonds is 1. The lowest BCUT2D eigenvalue weighted by atomic mass is 10.3. The number of hydrogen-bond donors (Lipinski definition) is 2.